The second kappa shape index (κ2) is 8.73. The Bertz CT molecular complexity index is 902. The third-order valence-electron chi connectivity index (χ3n) is 4.25. The molecule has 0 atom stereocenters. The number of halogens is 1. The average molecular weight is 384 g/mol. The highest BCUT2D eigenvalue weighted by molar-refractivity contribution is 6.30. The predicted octanol–water partition coefficient (Wildman–Crippen LogP) is 4.37. The van der Waals surface area contributed by atoms with Crippen molar-refractivity contribution in [3.63, 3.8) is 0 Å². The highest BCUT2D eigenvalue weighted by Crippen LogP contribution is 2.17. The summed E-state index contributed by atoms with van der Waals surface area (Å²) in [7, 11) is 0. The van der Waals surface area contributed by atoms with E-state index in [4.69, 9.17) is 16.3 Å². The summed E-state index contributed by atoms with van der Waals surface area (Å²) in [5.41, 5.74) is 3.57. The van der Waals surface area contributed by atoms with Gasteiger partial charge in [-0.2, -0.15) is 5.10 Å². The average Bonchev–Trinajstić information content (AvgIpc) is 3.06. The maximum Gasteiger partial charge on any atom is 0.251 e. The van der Waals surface area contributed by atoms with Crippen LogP contribution >= 0.6 is 11.6 Å². The Morgan fingerprint density at radius 1 is 1.15 bits per heavy atom. The number of rotatable bonds is 7. The van der Waals surface area contributed by atoms with Gasteiger partial charge in [0.25, 0.3) is 5.91 Å². The Balaban J connectivity index is 1.53. The standard InChI is InChI=1S/C21H22ClN3O2/c1-3-25-13-18(15(2)24-25)12-23-21(26)17-6-4-16(5-7-17)14-27-20-10-8-19(22)9-11-20/h4-11,13H,3,12,14H2,1-2H3,(H,23,26). The van der Waals surface area contributed by atoms with Crippen LogP contribution in [-0.4, -0.2) is 15.7 Å². The smallest absolute Gasteiger partial charge is 0.251 e. The molecule has 3 aromatic rings. The van der Waals surface area contributed by atoms with Crippen LogP contribution in [-0.2, 0) is 19.7 Å². The van der Waals surface area contributed by atoms with Crippen molar-refractivity contribution in [3.8, 4) is 5.75 Å². The summed E-state index contributed by atoms with van der Waals surface area (Å²) in [6.45, 7) is 5.69. The molecule has 27 heavy (non-hydrogen) atoms. The fourth-order valence-corrected chi connectivity index (χ4v) is 2.75. The fraction of sp³-hybridized carbons (Fsp3) is 0.238. The van der Waals surface area contributed by atoms with Crippen LogP contribution in [0.1, 0.15) is 34.1 Å². The van der Waals surface area contributed by atoms with Crippen LogP contribution < -0.4 is 10.1 Å². The number of nitrogens with one attached hydrogen (secondary N) is 1. The summed E-state index contributed by atoms with van der Waals surface area (Å²) in [4.78, 5) is 12.3. The summed E-state index contributed by atoms with van der Waals surface area (Å²) in [6.07, 6.45) is 1.97. The molecule has 3 rings (SSSR count). The minimum atomic E-state index is -0.108. The Kier molecular flexibility index (Phi) is 6.14. The molecule has 1 aromatic heterocycles. The number of aromatic nitrogens is 2. The van der Waals surface area contributed by atoms with E-state index < -0.39 is 0 Å². The van der Waals surface area contributed by atoms with Crippen LogP contribution in [0.5, 0.6) is 5.75 Å². The number of nitrogens with zero attached hydrogens (tertiary/aromatic N) is 2. The molecule has 5 nitrogen and oxygen atoms in total. The zero-order valence-corrected chi connectivity index (χ0v) is 16.2. The zero-order chi connectivity index (χ0) is 19.2. The molecule has 0 aliphatic rings. The van der Waals surface area contributed by atoms with Gasteiger partial charge >= 0.3 is 0 Å². The van der Waals surface area contributed by atoms with E-state index in [1.807, 2.05) is 49.0 Å². The van der Waals surface area contributed by atoms with Crippen molar-refractivity contribution in [2.45, 2.75) is 33.5 Å². The van der Waals surface area contributed by atoms with Crippen LogP contribution in [0, 0.1) is 6.92 Å². The van der Waals surface area contributed by atoms with Gasteiger partial charge in [0, 0.05) is 35.4 Å². The molecule has 0 aliphatic carbocycles. The van der Waals surface area contributed by atoms with E-state index >= 15 is 0 Å². The van der Waals surface area contributed by atoms with Crippen molar-refractivity contribution in [3.05, 3.63) is 82.1 Å². The van der Waals surface area contributed by atoms with Gasteiger partial charge in [-0.05, 0) is 55.8 Å². The summed E-state index contributed by atoms with van der Waals surface area (Å²) < 4.78 is 7.58. The van der Waals surface area contributed by atoms with Gasteiger partial charge in [-0.15, -0.1) is 0 Å². The molecule has 0 unspecified atom stereocenters. The van der Waals surface area contributed by atoms with Crippen LogP contribution in [0.15, 0.2) is 54.7 Å². The van der Waals surface area contributed by atoms with Gasteiger partial charge in [0.1, 0.15) is 12.4 Å². The van der Waals surface area contributed by atoms with E-state index in [1.165, 1.54) is 0 Å². The quantitative estimate of drug-likeness (QED) is 0.659. The van der Waals surface area contributed by atoms with Crippen LogP contribution in [0.4, 0.5) is 0 Å². The molecular formula is C21H22ClN3O2. The second-order valence-corrected chi connectivity index (χ2v) is 6.65. The van der Waals surface area contributed by atoms with Crippen LogP contribution in [0.25, 0.3) is 0 Å². The first-order valence-corrected chi connectivity index (χ1v) is 9.21. The lowest BCUT2D eigenvalue weighted by Crippen LogP contribution is -2.22. The molecule has 0 bridgehead atoms. The van der Waals surface area contributed by atoms with Gasteiger partial charge in [-0.1, -0.05) is 23.7 Å². The topological polar surface area (TPSA) is 56.2 Å². The number of carbonyl (C=O) groups is 1. The van der Waals surface area contributed by atoms with Crippen LogP contribution in [0.2, 0.25) is 5.02 Å². The number of hydrogen-bond donors (Lipinski definition) is 1. The molecule has 2 aromatic carbocycles. The second-order valence-electron chi connectivity index (χ2n) is 6.22. The molecule has 0 fully saturated rings. The minimum absolute atomic E-state index is 0.108. The molecule has 0 saturated heterocycles. The van der Waals surface area contributed by atoms with Crippen molar-refractivity contribution in [1.82, 2.24) is 15.1 Å². The molecule has 1 N–H and O–H groups in total. The van der Waals surface area contributed by atoms with Crippen molar-refractivity contribution < 1.29 is 9.53 Å². The first-order valence-electron chi connectivity index (χ1n) is 8.83. The highest BCUT2D eigenvalue weighted by Gasteiger charge is 2.09. The van der Waals surface area contributed by atoms with Gasteiger partial charge in [0.15, 0.2) is 0 Å². The van der Waals surface area contributed by atoms with Crippen molar-refractivity contribution in [2.75, 3.05) is 0 Å². The third-order valence-corrected chi connectivity index (χ3v) is 4.50. The maximum atomic E-state index is 12.3. The molecule has 6 heteroatoms. The van der Waals surface area contributed by atoms with E-state index in [2.05, 4.69) is 10.4 Å². The summed E-state index contributed by atoms with van der Waals surface area (Å²) in [5, 5.41) is 8.00. The van der Waals surface area contributed by atoms with Gasteiger partial charge in [0.05, 0.1) is 5.69 Å². The molecular weight excluding hydrogens is 362 g/mol. The number of ether oxygens (including phenoxy) is 1. The Hall–Kier alpha value is -2.79. The SMILES string of the molecule is CCn1cc(CNC(=O)c2ccc(COc3ccc(Cl)cc3)cc2)c(C)n1. The van der Waals surface area contributed by atoms with E-state index in [-0.39, 0.29) is 5.91 Å². The Labute approximate surface area is 163 Å². The molecule has 0 saturated carbocycles. The van der Waals surface area contributed by atoms with Gasteiger partial charge < -0.3 is 10.1 Å². The summed E-state index contributed by atoms with van der Waals surface area (Å²) in [6, 6.07) is 14.6. The molecule has 0 spiro atoms. The van der Waals surface area contributed by atoms with Crippen molar-refractivity contribution >= 4 is 17.5 Å². The highest BCUT2D eigenvalue weighted by atomic mass is 35.5. The van der Waals surface area contributed by atoms with Gasteiger partial charge in [0.2, 0.25) is 0 Å². The summed E-state index contributed by atoms with van der Waals surface area (Å²) in [5.74, 6) is 0.646. The maximum absolute atomic E-state index is 12.3. The van der Waals surface area contributed by atoms with E-state index in [0.29, 0.717) is 23.7 Å². The number of hydrogen-bond acceptors (Lipinski definition) is 3. The summed E-state index contributed by atoms with van der Waals surface area (Å²) >= 11 is 5.86. The van der Waals surface area contributed by atoms with Crippen molar-refractivity contribution in [2.24, 2.45) is 0 Å². The van der Waals surface area contributed by atoms with Crippen molar-refractivity contribution in [1.29, 1.82) is 0 Å². The Morgan fingerprint density at radius 3 is 2.48 bits per heavy atom. The zero-order valence-electron chi connectivity index (χ0n) is 15.4. The lowest BCUT2D eigenvalue weighted by molar-refractivity contribution is 0.0951. The number of benzene rings is 2. The third kappa shape index (κ3) is 5.11. The molecule has 0 aliphatic heterocycles. The molecule has 1 heterocycles. The molecule has 1 amide bonds. The Morgan fingerprint density at radius 2 is 1.85 bits per heavy atom. The van der Waals surface area contributed by atoms with Crippen LogP contribution in [0.3, 0.4) is 0 Å². The molecule has 140 valence electrons. The largest absolute Gasteiger partial charge is 0.489 e. The fourth-order valence-electron chi connectivity index (χ4n) is 2.62. The van der Waals surface area contributed by atoms with E-state index in [1.54, 1.807) is 24.3 Å². The lowest BCUT2D eigenvalue weighted by Gasteiger charge is -2.08. The normalized spacial score (nSPS) is 10.6. The van der Waals surface area contributed by atoms with Gasteiger partial charge in [-0.3, -0.25) is 9.48 Å². The van der Waals surface area contributed by atoms with Gasteiger partial charge in [-0.25, -0.2) is 0 Å². The minimum Gasteiger partial charge on any atom is -0.489 e. The number of carbonyl (C=O) groups excluding carboxylic acids is 1. The molecule has 0 radical (unpaired) electrons. The van der Waals surface area contributed by atoms with E-state index in [9.17, 15) is 4.79 Å². The predicted molar refractivity (Wildman–Crippen MR) is 106 cm³/mol. The number of amides is 1. The van der Waals surface area contributed by atoms with E-state index in [0.717, 1.165) is 29.1 Å². The number of aryl methyl sites for hydroxylation is 2. The lowest BCUT2D eigenvalue weighted by atomic mass is 10.1. The monoisotopic (exact) mass is 383 g/mol. The first kappa shape index (κ1) is 19.0. The first-order chi connectivity index (χ1) is 13.0.